The molecule has 1 aliphatic heterocycles. The number of ether oxygens (including phenoxy) is 2. The zero-order valence-electron chi connectivity index (χ0n) is 11.6. The zero-order chi connectivity index (χ0) is 13.0. The lowest BCUT2D eigenvalue weighted by molar-refractivity contribution is -0.150. The van der Waals surface area contributed by atoms with Crippen molar-refractivity contribution in [2.45, 2.75) is 51.7 Å². The van der Waals surface area contributed by atoms with Gasteiger partial charge in [-0.05, 0) is 19.8 Å². The van der Waals surface area contributed by atoms with Crippen LogP contribution in [0.2, 0.25) is 0 Å². The summed E-state index contributed by atoms with van der Waals surface area (Å²) >= 11 is 0. The number of nitrogens with zero attached hydrogens (tertiary/aromatic N) is 1. The van der Waals surface area contributed by atoms with Crippen molar-refractivity contribution in [3.8, 4) is 0 Å². The molecule has 0 N–H and O–H groups in total. The van der Waals surface area contributed by atoms with Crippen LogP contribution in [0, 0.1) is 5.92 Å². The third-order valence-electron chi connectivity index (χ3n) is 4.04. The lowest BCUT2D eigenvalue weighted by Crippen LogP contribution is -2.54. The van der Waals surface area contributed by atoms with Crippen molar-refractivity contribution in [3.63, 3.8) is 0 Å². The molecule has 0 spiro atoms. The Bertz CT molecular complexity index is 280. The second-order valence-electron chi connectivity index (χ2n) is 5.41. The topological polar surface area (TPSA) is 38.8 Å². The van der Waals surface area contributed by atoms with Crippen molar-refractivity contribution in [1.82, 2.24) is 4.90 Å². The maximum absolute atomic E-state index is 11.7. The molecule has 1 heterocycles. The second-order valence-corrected chi connectivity index (χ2v) is 5.41. The minimum absolute atomic E-state index is 0.0365. The zero-order valence-corrected chi connectivity index (χ0v) is 11.6. The Kier molecular flexibility index (Phi) is 5.01. The van der Waals surface area contributed by atoms with E-state index in [9.17, 15) is 4.79 Å². The smallest absolute Gasteiger partial charge is 0.309 e. The summed E-state index contributed by atoms with van der Waals surface area (Å²) in [5, 5.41) is 0. The Hall–Kier alpha value is -0.610. The van der Waals surface area contributed by atoms with Crippen molar-refractivity contribution in [1.29, 1.82) is 0 Å². The van der Waals surface area contributed by atoms with Gasteiger partial charge in [-0.15, -0.1) is 0 Å². The Morgan fingerprint density at radius 1 is 1.44 bits per heavy atom. The van der Waals surface area contributed by atoms with Gasteiger partial charge >= 0.3 is 5.97 Å². The molecule has 4 nitrogen and oxygen atoms in total. The summed E-state index contributed by atoms with van der Waals surface area (Å²) in [5.74, 6) is -0.109. The summed E-state index contributed by atoms with van der Waals surface area (Å²) in [6, 6.07) is 0.518. The first kappa shape index (κ1) is 13.8. The highest BCUT2D eigenvalue weighted by atomic mass is 16.5. The molecule has 0 aromatic heterocycles. The molecule has 1 saturated heterocycles. The van der Waals surface area contributed by atoms with Crippen molar-refractivity contribution in [2.75, 3.05) is 26.3 Å². The fraction of sp³-hybridized carbons (Fsp3) is 0.929. The first-order chi connectivity index (χ1) is 8.72. The fourth-order valence-electron chi connectivity index (χ4n) is 3.11. The van der Waals surface area contributed by atoms with Gasteiger partial charge in [0.1, 0.15) is 0 Å². The van der Waals surface area contributed by atoms with Crippen LogP contribution in [0.5, 0.6) is 0 Å². The van der Waals surface area contributed by atoms with E-state index in [2.05, 4.69) is 4.90 Å². The lowest BCUT2D eigenvalue weighted by Gasteiger charge is -2.44. The summed E-state index contributed by atoms with van der Waals surface area (Å²) in [6.45, 7) is 6.85. The highest BCUT2D eigenvalue weighted by molar-refractivity contribution is 5.72. The average Bonchev–Trinajstić information content (AvgIpc) is 2.39. The molecule has 2 rings (SSSR count). The molecule has 104 valence electrons. The highest BCUT2D eigenvalue weighted by Crippen LogP contribution is 2.28. The number of esters is 1. The predicted molar refractivity (Wildman–Crippen MR) is 69.4 cm³/mol. The van der Waals surface area contributed by atoms with E-state index in [1.54, 1.807) is 0 Å². The maximum atomic E-state index is 11.7. The van der Waals surface area contributed by atoms with Gasteiger partial charge in [0.25, 0.3) is 0 Å². The van der Waals surface area contributed by atoms with Gasteiger partial charge < -0.3 is 9.47 Å². The number of carbonyl (C=O) groups excluding carboxylic acids is 1. The van der Waals surface area contributed by atoms with E-state index < -0.39 is 0 Å². The third-order valence-corrected chi connectivity index (χ3v) is 4.04. The van der Waals surface area contributed by atoms with Crippen LogP contribution >= 0.6 is 0 Å². The van der Waals surface area contributed by atoms with Crippen LogP contribution in [0.25, 0.3) is 0 Å². The monoisotopic (exact) mass is 255 g/mol. The van der Waals surface area contributed by atoms with Gasteiger partial charge in [0, 0.05) is 19.1 Å². The number of morpholine rings is 1. The fourth-order valence-corrected chi connectivity index (χ4v) is 3.11. The van der Waals surface area contributed by atoms with E-state index in [1.165, 1.54) is 25.7 Å². The van der Waals surface area contributed by atoms with E-state index in [4.69, 9.17) is 9.47 Å². The van der Waals surface area contributed by atoms with Crippen molar-refractivity contribution < 1.29 is 14.3 Å². The molecule has 2 aliphatic rings. The van der Waals surface area contributed by atoms with E-state index in [0.717, 1.165) is 19.7 Å². The number of carbonyl (C=O) groups is 1. The Morgan fingerprint density at radius 3 is 3.00 bits per heavy atom. The minimum atomic E-state index is -0.0728. The largest absolute Gasteiger partial charge is 0.466 e. The molecule has 0 bridgehead atoms. The SMILES string of the molecule is CCOC(=O)C(C)CN1CCOC2CCCCC21. The molecule has 2 fully saturated rings. The van der Waals surface area contributed by atoms with Crippen LogP contribution in [0.15, 0.2) is 0 Å². The Labute approximate surface area is 110 Å². The van der Waals surface area contributed by atoms with Gasteiger partial charge in [-0.2, -0.15) is 0 Å². The van der Waals surface area contributed by atoms with E-state index >= 15 is 0 Å². The average molecular weight is 255 g/mol. The molecule has 1 saturated carbocycles. The Morgan fingerprint density at radius 2 is 2.22 bits per heavy atom. The predicted octanol–water partition coefficient (Wildman–Crippen LogP) is 1.83. The summed E-state index contributed by atoms with van der Waals surface area (Å²) in [7, 11) is 0. The lowest BCUT2D eigenvalue weighted by atomic mass is 9.89. The van der Waals surface area contributed by atoms with Gasteiger partial charge in [0.05, 0.1) is 25.2 Å². The van der Waals surface area contributed by atoms with Crippen molar-refractivity contribution in [3.05, 3.63) is 0 Å². The number of fused-ring (bicyclic) bond motifs is 1. The van der Waals surface area contributed by atoms with E-state index in [1.807, 2.05) is 13.8 Å². The molecule has 4 heteroatoms. The third kappa shape index (κ3) is 3.23. The molecule has 3 atom stereocenters. The first-order valence-corrected chi connectivity index (χ1v) is 7.24. The van der Waals surface area contributed by atoms with Crippen LogP contribution in [0.1, 0.15) is 39.5 Å². The van der Waals surface area contributed by atoms with Gasteiger partial charge in [-0.1, -0.05) is 19.8 Å². The first-order valence-electron chi connectivity index (χ1n) is 7.24. The Balaban J connectivity index is 1.88. The van der Waals surface area contributed by atoms with Crippen LogP contribution in [0.3, 0.4) is 0 Å². The molecule has 0 aromatic carbocycles. The molecule has 0 radical (unpaired) electrons. The van der Waals surface area contributed by atoms with Crippen molar-refractivity contribution in [2.24, 2.45) is 5.92 Å². The van der Waals surface area contributed by atoms with E-state index in [-0.39, 0.29) is 11.9 Å². The number of hydrogen-bond donors (Lipinski definition) is 0. The second kappa shape index (κ2) is 6.53. The summed E-state index contributed by atoms with van der Waals surface area (Å²) in [6.07, 6.45) is 5.34. The van der Waals surface area contributed by atoms with Crippen molar-refractivity contribution >= 4 is 5.97 Å². The number of hydrogen-bond acceptors (Lipinski definition) is 4. The number of rotatable bonds is 4. The molecule has 1 aliphatic carbocycles. The van der Waals surface area contributed by atoms with E-state index in [0.29, 0.717) is 18.8 Å². The molecular weight excluding hydrogens is 230 g/mol. The summed E-state index contributed by atoms with van der Waals surface area (Å²) in [5.41, 5.74) is 0. The standard InChI is InChI=1S/C14H25NO3/c1-3-17-14(16)11(2)10-15-8-9-18-13-7-5-4-6-12(13)15/h11-13H,3-10H2,1-2H3. The quantitative estimate of drug-likeness (QED) is 0.718. The molecule has 0 aromatic rings. The summed E-state index contributed by atoms with van der Waals surface area (Å²) < 4.78 is 10.9. The van der Waals surface area contributed by atoms with Gasteiger partial charge in [-0.25, -0.2) is 0 Å². The van der Waals surface area contributed by atoms with Gasteiger partial charge in [0.2, 0.25) is 0 Å². The molecule has 0 amide bonds. The van der Waals surface area contributed by atoms with Crippen LogP contribution in [-0.2, 0) is 14.3 Å². The van der Waals surface area contributed by atoms with Gasteiger partial charge in [0.15, 0.2) is 0 Å². The maximum Gasteiger partial charge on any atom is 0.309 e. The van der Waals surface area contributed by atoms with Crippen LogP contribution in [-0.4, -0.2) is 49.3 Å². The molecule has 18 heavy (non-hydrogen) atoms. The summed E-state index contributed by atoms with van der Waals surface area (Å²) in [4.78, 5) is 14.1. The minimum Gasteiger partial charge on any atom is -0.466 e. The highest BCUT2D eigenvalue weighted by Gasteiger charge is 2.35. The normalized spacial score (nSPS) is 30.6. The molecular formula is C14H25NO3. The van der Waals surface area contributed by atoms with Crippen LogP contribution in [0.4, 0.5) is 0 Å². The van der Waals surface area contributed by atoms with Gasteiger partial charge in [-0.3, -0.25) is 9.69 Å². The molecule has 3 unspecified atom stereocenters. The van der Waals surface area contributed by atoms with Crippen LogP contribution < -0.4 is 0 Å².